The smallest absolute Gasteiger partial charge is 0.112 e. The summed E-state index contributed by atoms with van der Waals surface area (Å²) in [6.45, 7) is 0.651. The average Bonchev–Trinajstić information content (AvgIpc) is 1.88. The molecule has 0 rings (SSSR count). The summed E-state index contributed by atoms with van der Waals surface area (Å²) < 4.78 is 0. The van der Waals surface area contributed by atoms with Gasteiger partial charge in [0.25, 0.3) is 0 Å². The largest absolute Gasteiger partial charge is 0.315 e. The van der Waals surface area contributed by atoms with E-state index in [0.717, 1.165) is 4.91 Å². The highest BCUT2D eigenvalue weighted by molar-refractivity contribution is 7.84. The maximum Gasteiger partial charge on any atom is 0.112 e. The van der Waals surface area contributed by atoms with E-state index in [9.17, 15) is 0 Å². The number of nitrogens with one attached hydrogen (secondary N) is 1. The molecular weight excluding hydrogens is 146 g/mol. The second-order valence-corrected chi connectivity index (χ2v) is 2.42. The maximum atomic E-state index is 8.28. The van der Waals surface area contributed by atoms with Crippen LogP contribution in [0.2, 0.25) is 0 Å². The number of hydrogen-bond donors (Lipinski definition) is 3. The Hall–Kier alpha value is -0.500. The van der Waals surface area contributed by atoms with Crippen LogP contribution in [0.3, 0.4) is 0 Å². The van der Waals surface area contributed by atoms with Crippen LogP contribution >= 0.6 is 12.6 Å². The van der Waals surface area contributed by atoms with E-state index in [-0.39, 0.29) is 0 Å². The molecule has 0 amide bonds. The summed E-state index contributed by atoms with van der Waals surface area (Å²) in [5, 5.41) is 11.2. The van der Waals surface area contributed by atoms with Crippen molar-refractivity contribution in [2.45, 2.75) is 6.04 Å². The van der Waals surface area contributed by atoms with E-state index in [1.54, 1.807) is 6.08 Å². The highest BCUT2D eigenvalue weighted by Crippen LogP contribution is 1.98. The first-order valence-corrected chi connectivity index (χ1v) is 3.35. The van der Waals surface area contributed by atoms with Gasteiger partial charge >= 0.3 is 0 Å². The molecule has 56 valence electrons. The number of nitrogens with zero attached hydrogens (tertiary/aromatic N) is 1. The van der Waals surface area contributed by atoms with E-state index in [4.69, 9.17) is 11.0 Å². The maximum absolute atomic E-state index is 8.28. The van der Waals surface area contributed by atoms with Crippen molar-refractivity contribution in [3.05, 3.63) is 11.0 Å². The fourth-order valence-electron chi connectivity index (χ4n) is 0.485. The SMILES string of the molecule is CNC/C(S)=C/C(N)C#N. The summed E-state index contributed by atoms with van der Waals surface area (Å²) in [5.41, 5.74) is 5.29. The lowest BCUT2D eigenvalue weighted by molar-refractivity contribution is 0.901. The Morgan fingerprint density at radius 1 is 2.00 bits per heavy atom. The van der Waals surface area contributed by atoms with Crippen LogP contribution in [0.1, 0.15) is 0 Å². The molecule has 0 saturated heterocycles. The monoisotopic (exact) mass is 157 g/mol. The molecule has 0 radical (unpaired) electrons. The van der Waals surface area contributed by atoms with Crippen molar-refractivity contribution < 1.29 is 0 Å². The van der Waals surface area contributed by atoms with Gasteiger partial charge < -0.3 is 11.1 Å². The average molecular weight is 157 g/mol. The van der Waals surface area contributed by atoms with Gasteiger partial charge in [0.15, 0.2) is 0 Å². The molecule has 0 saturated carbocycles. The Kier molecular flexibility index (Phi) is 5.03. The number of nitriles is 1. The van der Waals surface area contributed by atoms with Crippen molar-refractivity contribution in [3.63, 3.8) is 0 Å². The molecule has 0 aromatic rings. The fraction of sp³-hybridized carbons (Fsp3) is 0.500. The Balaban J connectivity index is 3.80. The zero-order chi connectivity index (χ0) is 7.98. The second kappa shape index (κ2) is 5.30. The van der Waals surface area contributed by atoms with Crippen LogP contribution in [0.5, 0.6) is 0 Å². The van der Waals surface area contributed by atoms with E-state index in [1.807, 2.05) is 13.1 Å². The summed E-state index contributed by atoms with van der Waals surface area (Å²) in [7, 11) is 1.81. The molecule has 0 heterocycles. The molecule has 0 bridgehead atoms. The Morgan fingerprint density at radius 2 is 2.60 bits per heavy atom. The molecule has 0 aliphatic rings. The number of nitrogens with two attached hydrogens (primary N) is 1. The van der Waals surface area contributed by atoms with Crippen molar-refractivity contribution in [1.29, 1.82) is 5.26 Å². The van der Waals surface area contributed by atoms with Crippen molar-refractivity contribution >= 4 is 12.6 Å². The Morgan fingerprint density at radius 3 is 3.00 bits per heavy atom. The second-order valence-electron chi connectivity index (χ2n) is 1.84. The minimum absolute atomic E-state index is 0.541. The topological polar surface area (TPSA) is 61.8 Å². The third-order valence-corrected chi connectivity index (χ3v) is 1.19. The summed E-state index contributed by atoms with van der Waals surface area (Å²) in [5.74, 6) is 0. The predicted molar refractivity (Wildman–Crippen MR) is 44.6 cm³/mol. The lowest BCUT2D eigenvalue weighted by Crippen LogP contribution is -2.16. The fourth-order valence-corrected chi connectivity index (χ4v) is 0.803. The number of rotatable bonds is 3. The first kappa shape index (κ1) is 9.50. The van der Waals surface area contributed by atoms with Gasteiger partial charge in [-0.3, -0.25) is 0 Å². The minimum atomic E-state index is -0.541. The summed E-state index contributed by atoms with van der Waals surface area (Å²) in [4.78, 5) is 0.788. The highest BCUT2D eigenvalue weighted by Gasteiger charge is 1.94. The lowest BCUT2D eigenvalue weighted by atomic mass is 10.3. The Bertz CT molecular complexity index is 159. The van der Waals surface area contributed by atoms with Gasteiger partial charge in [0.1, 0.15) is 6.04 Å². The summed E-state index contributed by atoms with van der Waals surface area (Å²) in [6, 6.07) is 1.34. The molecular formula is C6H11N3S. The van der Waals surface area contributed by atoms with Gasteiger partial charge in [0, 0.05) is 6.54 Å². The molecule has 0 aromatic carbocycles. The molecule has 1 atom stereocenters. The van der Waals surface area contributed by atoms with Gasteiger partial charge in [-0.1, -0.05) is 0 Å². The summed E-state index contributed by atoms with van der Waals surface area (Å²) in [6.07, 6.45) is 1.61. The quantitative estimate of drug-likeness (QED) is 0.500. The molecule has 0 spiro atoms. The van der Waals surface area contributed by atoms with Crippen LogP contribution in [0, 0.1) is 11.3 Å². The van der Waals surface area contributed by atoms with Crippen LogP contribution in [0.25, 0.3) is 0 Å². The van der Waals surface area contributed by atoms with E-state index < -0.39 is 6.04 Å². The third-order valence-electron chi connectivity index (χ3n) is 0.879. The van der Waals surface area contributed by atoms with Crippen molar-refractivity contribution in [2.75, 3.05) is 13.6 Å². The first-order chi connectivity index (χ1) is 4.70. The van der Waals surface area contributed by atoms with Gasteiger partial charge in [-0.25, -0.2) is 0 Å². The van der Waals surface area contributed by atoms with Gasteiger partial charge in [0.05, 0.1) is 6.07 Å². The zero-order valence-electron chi connectivity index (χ0n) is 5.83. The lowest BCUT2D eigenvalue weighted by Gasteiger charge is -1.98. The Labute approximate surface area is 66.3 Å². The molecule has 4 heteroatoms. The third kappa shape index (κ3) is 4.39. The normalized spacial score (nSPS) is 14.4. The molecule has 0 aliphatic heterocycles. The van der Waals surface area contributed by atoms with Crippen molar-refractivity contribution in [3.8, 4) is 6.07 Å². The molecule has 10 heavy (non-hydrogen) atoms. The van der Waals surface area contributed by atoms with Crippen LogP contribution in [0.15, 0.2) is 11.0 Å². The van der Waals surface area contributed by atoms with Crippen LogP contribution in [0.4, 0.5) is 0 Å². The van der Waals surface area contributed by atoms with E-state index in [2.05, 4.69) is 17.9 Å². The van der Waals surface area contributed by atoms with Gasteiger partial charge in [-0.05, 0) is 18.0 Å². The van der Waals surface area contributed by atoms with Crippen molar-refractivity contribution in [2.24, 2.45) is 5.73 Å². The number of hydrogen-bond acceptors (Lipinski definition) is 4. The van der Waals surface area contributed by atoms with Gasteiger partial charge in [0.2, 0.25) is 0 Å². The molecule has 3 nitrogen and oxygen atoms in total. The molecule has 1 unspecified atom stereocenters. The molecule has 0 aliphatic carbocycles. The predicted octanol–water partition coefficient (Wildman–Crippen LogP) is -0.130. The molecule has 0 fully saturated rings. The molecule has 3 N–H and O–H groups in total. The number of thiol groups is 1. The minimum Gasteiger partial charge on any atom is -0.315 e. The van der Waals surface area contributed by atoms with E-state index in [0.29, 0.717) is 6.54 Å². The zero-order valence-corrected chi connectivity index (χ0v) is 6.73. The van der Waals surface area contributed by atoms with Crippen LogP contribution in [-0.4, -0.2) is 19.6 Å². The standard InChI is InChI=1S/C6H11N3S/c1-9-4-6(10)2-5(8)3-7/h2,5,9-10H,4,8H2,1H3/b6-2-. The van der Waals surface area contributed by atoms with E-state index in [1.165, 1.54) is 0 Å². The van der Waals surface area contributed by atoms with Crippen molar-refractivity contribution in [1.82, 2.24) is 5.32 Å². The van der Waals surface area contributed by atoms with E-state index >= 15 is 0 Å². The van der Waals surface area contributed by atoms with Gasteiger partial charge in [-0.15, -0.1) is 12.6 Å². The highest BCUT2D eigenvalue weighted by atomic mass is 32.1. The summed E-state index contributed by atoms with van der Waals surface area (Å²) >= 11 is 4.07. The molecule has 0 aromatic heterocycles. The van der Waals surface area contributed by atoms with Gasteiger partial charge in [-0.2, -0.15) is 5.26 Å². The van der Waals surface area contributed by atoms with Crippen LogP contribution in [-0.2, 0) is 0 Å². The number of likely N-dealkylation sites (N-methyl/N-ethyl adjacent to an activating group) is 1. The van der Waals surface area contributed by atoms with Crippen LogP contribution < -0.4 is 11.1 Å². The first-order valence-electron chi connectivity index (χ1n) is 2.90.